The maximum atomic E-state index is 13.4. The number of aromatic carboxylic acids is 1. The molecule has 0 bridgehead atoms. The number of likely N-dealkylation sites (N-methyl/N-ethyl adjacent to an activating group) is 1. The Balaban J connectivity index is 1.58. The third kappa shape index (κ3) is 5.57. The molecule has 0 aromatic heterocycles. The fraction of sp³-hybridized carbons (Fsp3) is 0.292. The Hall–Kier alpha value is -4.79. The van der Waals surface area contributed by atoms with Crippen molar-refractivity contribution in [3.8, 4) is 17.2 Å². The van der Waals surface area contributed by atoms with Crippen molar-refractivity contribution in [1.82, 2.24) is 20.4 Å². The van der Waals surface area contributed by atoms with Crippen LogP contribution in [0.1, 0.15) is 34.5 Å². The SMILES string of the molecule is CCN1CCN(C(=O)N[C@@H](C(=O)N[C@H]2Cc3cccc(C(=O)O)c3OB2O)c2cc(O)cc(O)c2)C(=O)C1=O. The van der Waals surface area contributed by atoms with Crippen molar-refractivity contribution in [3.05, 3.63) is 53.1 Å². The van der Waals surface area contributed by atoms with Crippen molar-refractivity contribution in [3.63, 3.8) is 0 Å². The zero-order valence-electron chi connectivity index (χ0n) is 20.7. The molecule has 2 atom stereocenters. The monoisotopic (exact) mass is 540 g/mol. The number of carbonyl (C=O) groups excluding carboxylic acids is 4. The molecule has 0 unspecified atom stereocenters. The lowest BCUT2D eigenvalue weighted by Crippen LogP contribution is -2.60. The van der Waals surface area contributed by atoms with Crippen molar-refractivity contribution in [2.24, 2.45) is 0 Å². The molecule has 0 saturated carbocycles. The number of para-hydroxylation sites is 1. The lowest BCUT2D eigenvalue weighted by molar-refractivity contribution is -0.153. The highest BCUT2D eigenvalue weighted by Gasteiger charge is 2.41. The highest BCUT2D eigenvalue weighted by Crippen LogP contribution is 2.31. The quantitative estimate of drug-likeness (QED) is 0.202. The van der Waals surface area contributed by atoms with Crippen LogP contribution >= 0.6 is 0 Å². The van der Waals surface area contributed by atoms with Gasteiger partial charge in [0.25, 0.3) is 0 Å². The van der Waals surface area contributed by atoms with Gasteiger partial charge in [0, 0.05) is 25.7 Å². The molecule has 2 aliphatic heterocycles. The second-order valence-electron chi connectivity index (χ2n) is 8.93. The van der Waals surface area contributed by atoms with E-state index in [4.69, 9.17) is 4.65 Å². The third-order valence-corrected chi connectivity index (χ3v) is 6.40. The molecule has 1 fully saturated rings. The van der Waals surface area contributed by atoms with E-state index in [0.717, 1.165) is 18.2 Å². The highest BCUT2D eigenvalue weighted by molar-refractivity contribution is 6.47. The number of carbonyl (C=O) groups is 5. The summed E-state index contributed by atoms with van der Waals surface area (Å²) in [4.78, 5) is 64.6. The average Bonchev–Trinajstić information content (AvgIpc) is 2.88. The number of carboxylic acid groups (broad SMARTS) is 1. The van der Waals surface area contributed by atoms with Gasteiger partial charge in [-0.1, -0.05) is 12.1 Å². The van der Waals surface area contributed by atoms with Crippen LogP contribution < -0.4 is 15.3 Å². The van der Waals surface area contributed by atoms with E-state index in [-0.39, 0.29) is 42.9 Å². The van der Waals surface area contributed by atoms with E-state index in [2.05, 4.69) is 10.6 Å². The number of phenols is 2. The zero-order chi connectivity index (χ0) is 28.4. The van der Waals surface area contributed by atoms with Gasteiger partial charge in [0.15, 0.2) is 0 Å². The van der Waals surface area contributed by atoms with Crippen molar-refractivity contribution in [2.45, 2.75) is 25.3 Å². The van der Waals surface area contributed by atoms with Crippen LogP contribution in [0.25, 0.3) is 0 Å². The molecule has 39 heavy (non-hydrogen) atoms. The number of rotatable bonds is 6. The number of aromatic hydroxyl groups is 2. The highest BCUT2D eigenvalue weighted by atomic mass is 16.5. The van der Waals surface area contributed by atoms with Crippen LogP contribution in [0, 0.1) is 0 Å². The van der Waals surface area contributed by atoms with E-state index in [1.54, 1.807) is 13.0 Å². The number of piperazine rings is 1. The van der Waals surface area contributed by atoms with Gasteiger partial charge in [-0.05, 0) is 42.7 Å². The third-order valence-electron chi connectivity index (χ3n) is 6.40. The summed E-state index contributed by atoms with van der Waals surface area (Å²) in [6.45, 7) is 1.93. The molecule has 2 heterocycles. The van der Waals surface area contributed by atoms with Gasteiger partial charge in [-0.25, -0.2) is 9.59 Å². The van der Waals surface area contributed by atoms with Gasteiger partial charge >= 0.3 is 30.9 Å². The second kappa shape index (κ2) is 10.9. The predicted octanol–water partition coefficient (Wildman–Crippen LogP) is -0.623. The van der Waals surface area contributed by atoms with Crippen LogP contribution in [0.2, 0.25) is 0 Å². The average molecular weight is 540 g/mol. The molecule has 4 rings (SSSR count). The topological polar surface area (TPSA) is 206 Å². The molecule has 2 aromatic carbocycles. The van der Waals surface area contributed by atoms with Gasteiger partial charge in [0.05, 0.1) is 11.5 Å². The number of hydrogen-bond donors (Lipinski definition) is 6. The van der Waals surface area contributed by atoms with Crippen LogP contribution in [-0.4, -0.2) is 92.6 Å². The van der Waals surface area contributed by atoms with Crippen LogP contribution in [0.5, 0.6) is 17.2 Å². The minimum absolute atomic E-state index is 0.0265. The number of imide groups is 1. The molecule has 1 saturated heterocycles. The van der Waals surface area contributed by atoms with Gasteiger partial charge in [-0.2, -0.15) is 0 Å². The first-order valence-corrected chi connectivity index (χ1v) is 11.9. The number of fused-ring (bicyclic) bond motifs is 1. The van der Waals surface area contributed by atoms with Crippen LogP contribution in [-0.2, 0) is 20.8 Å². The largest absolute Gasteiger partial charge is 0.547 e. The molecular weight excluding hydrogens is 515 g/mol. The van der Waals surface area contributed by atoms with Gasteiger partial charge in [-0.3, -0.25) is 19.3 Å². The van der Waals surface area contributed by atoms with Gasteiger partial charge in [0.1, 0.15) is 23.3 Å². The number of amides is 5. The molecular formula is C24H25BN4O10. The fourth-order valence-corrected chi connectivity index (χ4v) is 4.44. The Bertz CT molecular complexity index is 1330. The van der Waals surface area contributed by atoms with Crippen molar-refractivity contribution < 1.29 is 49.0 Å². The van der Waals surface area contributed by atoms with Crippen LogP contribution in [0.4, 0.5) is 4.79 Å². The van der Waals surface area contributed by atoms with E-state index in [9.17, 15) is 44.3 Å². The number of phenolic OH excluding ortho intramolecular Hbond substituents is 2. The van der Waals surface area contributed by atoms with Crippen molar-refractivity contribution in [1.29, 1.82) is 0 Å². The first-order valence-electron chi connectivity index (χ1n) is 11.9. The van der Waals surface area contributed by atoms with Crippen LogP contribution in [0.15, 0.2) is 36.4 Å². The summed E-state index contributed by atoms with van der Waals surface area (Å²) < 4.78 is 5.38. The first-order chi connectivity index (χ1) is 18.5. The van der Waals surface area contributed by atoms with E-state index >= 15 is 0 Å². The molecule has 0 aliphatic carbocycles. The summed E-state index contributed by atoms with van der Waals surface area (Å²) >= 11 is 0. The van der Waals surface area contributed by atoms with Crippen molar-refractivity contribution >= 4 is 36.8 Å². The Morgan fingerprint density at radius 1 is 1.10 bits per heavy atom. The van der Waals surface area contributed by atoms with Gasteiger partial charge < -0.3 is 40.5 Å². The van der Waals surface area contributed by atoms with Gasteiger partial charge in [0.2, 0.25) is 5.91 Å². The Morgan fingerprint density at radius 2 is 1.79 bits per heavy atom. The Morgan fingerprint density at radius 3 is 2.44 bits per heavy atom. The number of urea groups is 1. The smallest absolute Gasteiger partial charge is 0.534 e. The maximum Gasteiger partial charge on any atom is 0.547 e. The van der Waals surface area contributed by atoms with E-state index in [0.29, 0.717) is 10.5 Å². The van der Waals surface area contributed by atoms with Crippen molar-refractivity contribution in [2.75, 3.05) is 19.6 Å². The van der Waals surface area contributed by atoms with E-state index < -0.39 is 60.3 Å². The maximum absolute atomic E-state index is 13.4. The molecule has 0 radical (unpaired) electrons. The first kappa shape index (κ1) is 27.3. The predicted molar refractivity (Wildman–Crippen MR) is 133 cm³/mol. The molecule has 5 amide bonds. The minimum Gasteiger partial charge on any atom is -0.534 e. The van der Waals surface area contributed by atoms with Gasteiger partial charge in [-0.15, -0.1) is 0 Å². The molecule has 2 aliphatic rings. The summed E-state index contributed by atoms with van der Waals surface area (Å²) in [5.41, 5.74) is 0.169. The number of nitrogens with zero attached hydrogens (tertiary/aromatic N) is 2. The summed E-state index contributed by atoms with van der Waals surface area (Å²) in [7, 11) is -1.66. The summed E-state index contributed by atoms with van der Waals surface area (Å²) in [5, 5.41) is 44.7. The summed E-state index contributed by atoms with van der Waals surface area (Å²) in [5.74, 6) is -6.11. The molecule has 0 spiro atoms. The fourth-order valence-electron chi connectivity index (χ4n) is 4.44. The van der Waals surface area contributed by atoms with E-state index in [1.165, 1.54) is 17.0 Å². The molecule has 14 nitrogen and oxygen atoms in total. The second-order valence-corrected chi connectivity index (χ2v) is 8.93. The molecule has 204 valence electrons. The lowest BCUT2D eigenvalue weighted by Gasteiger charge is -2.33. The minimum atomic E-state index is -1.66. The number of carboxylic acids is 1. The molecule has 15 heteroatoms. The zero-order valence-corrected chi connectivity index (χ0v) is 20.7. The van der Waals surface area contributed by atoms with Crippen LogP contribution in [0.3, 0.4) is 0 Å². The molecule has 6 N–H and O–H groups in total. The summed E-state index contributed by atoms with van der Waals surface area (Å²) in [6, 6.07) is 4.91. The summed E-state index contributed by atoms with van der Waals surface area (Å²) in [6.07, 6.45) is -0.0265. The standard InChI is InChI=1S/C24H25BN4O10/c1-2-28-6-7-29(22(34)21(28)33)24(37)27-18(13-8-14(30)11-15(31)9-13)20(32)26-17-10-12-4-3-5-16(23(35)36)19(12)39-25(17)38/h3-5,8-9,11,17-18,30-31,38H,2,6-7,10H2,1H3,(H,26,32)(H,27,37)(H,35,36)/t17-,18+/m0/s1. The molecule has 2 aromatic rings. The normalized spacial score (nSPS) is 17.7. The number of nitrogens with one attached hydrogen (secondary N) is 2. The number of benzene rings is 2. The number of hydrogen-bond acceptors (Lipinski definition) is 9. The Labute approximate surface area is 221 Å². The Kier molecular flexibility index (Phi) is 7.62. The lowest BCUT2D eigenvalue weighted by atomic mass is 9.72. The van der Waals surface area contributed by atoms with E-state index in [1.807, 2.05) is 0 Å².